The van der Waals surface area contributed by atoms with E-state index in [0.717, 1.165) is 23.6 Å². The largest absolute Gasteiger partial charge is 0.388 e. The second-order valence-electron chi connectivity index (χ2n) is 4.63. The predicted octanol–water partition coefficient (Wildman–Crippen LogP) is 2.26. The molecule has 1 N–H and O–H groups in total. The Morgan fingerprint density at radius 3 is 2.94 bits per heavy atom. The van der Waals surface area contributed by atoms with Gasteiger partial charge in [0, 0.05) is 13.1 Å². The van der Waals surface area contributed by atoms with Crippen LogP contribution in [0.15, 0.2) is 24.3 Å². The molecule has 2 aromatic rings. The Bertz CT molecular complexity index is 487. The first-order chi connectivity index (χ1) is 7.64. The summed E-state index contributed by atoms with van der Waals surface area (Å²) < 4.78 is 1.21. The summed E-state index contributed by atoms with van der Waals surface area (Å²) in [6.45, 7) is 3.47. The molecular weight excluding hydrogens is 220 g/mol. The molecule has 1 atom stereocenters. The van der Waals surface area contributed by atoms with Crippen LogP contribution in [-0.4, -0.2) is 28.8 Å². The van der Waals surface area contributed by atoms with Crippen LogP contribution in [0.25, 0.3) is 10.2 Å². The number of β-amino-alcohol motifs (C(OH)–C–C–N with tert-alkyl or cyclic N) is 1. The lowest BCUT2D eigenvalue weighted by atomic mass is 10.1. The van der Waals surface area contributed by atoms with Crippen LogP contribution in [0.1, 0.15) is 13.3 Å². The van der Waals surface area contributed by atoms with Crippen LogP contribution in [-0.2, 0) is 0 Å². The van der Waals surface area contributed by atoms with E-state index in [4.69, 9.17) is 0 Å². The van der Waals surface area contributed by atoms with Crippen molar-refractivity contribution in [3.8, 4) is 0 Å². The fourth-order valence-corrected chi connectivity index (χ4v) is 3.09. The fourth-order valence-electron chi connectivity index (χ4n) is 2.10. The van der Waals surface area contributed by atoms with Gasteiger partial charge in [-0.25, -0.2) is 4.98 Å². The maximum absolute atomic E-state index is 9.94. The van der Waals surface area contributed by atoms with Crippen molar-refractivity contribution < 1.29 is 5.11 Å². The number of thiazole rings is 1. The average Bonchev–Trinajstić information content (AvgIpc) is 2.80. The first-order valence-corrected chi connectivity index (χ1v) is 6.29. The van der Waals surface area contributed by atoms with E-state index >= 15 is 0 Å². The minimum atomic E-state index is -0.558. The molecule has 0 saturated carbocycles. The second-order valence-corrected chi connectivity index (χ2v) is 5.64. The number of nitrogens with zero attached hydrogens (tertiary/aromatic N) is 2. The lowest BCUT2D eigenvalue weighted by Gasteiger charge is -2.17. The minimum Gasteiger partial charge on any atom is -0.388 e. The summed E-state index contributed by atoms with van der Waals surface area (Å²) in [6.07, 6.45) is 0.822. The van der Waals surface area contributed by atoms with Gasteiger partial charge in [-0.1, -0.05) is 23.5 Å². The molecule has 1 saturated heterocycles. The number of rotatable bonds is 1. The van der Waals surface area contributed by atoms with Gasteiger partial charge in [0.15, 0.2) is 5.13 Å². The highest BCUT2D eigenvalue weighted by Crippen LogP contribution is 2.32. The SMILES string of the molecule is CC1(O)CCN(c2nc3ccccc3s2)C1. The van der Waals surface area contributed by atoms with Crippen LogP contribution in [0.2, 0.25) is 0 Å². The molecule has 1 fully saturated rings. The van der Waals surface area contributed by atoms with Crippen molar-refractivity contribution in [3.63, 3.8) is 0 Å². The zero-order chi connectivity index (χ0) is 11.2. The first kappa shape index (κ1) is 10.1. The summed E-state index contributed by atoms with van der Waals surface area (Å²) in [6, 6.07) is 8.16. The molecule has 1 aromatic heterocycles. The van der Waals surface area contributed by atoms with Crippen LogP contribution in [0.4, 0.5) is 5.13 Å². The number of para-hydroxylation sites is 1. The Hall–Kier alpha value is -1.13. The highest BCUT2D eigenvalue weighted by atomic mass is 32.1. The third-order valence-corrected chi connectivity index (χ3v) is 4.10. The fraction of sp³-hybridized carbons (Fsp3) is 0.417. The van der Waals surface area contributed by atoms with E-state index in [1.54, 1.807) is 11.3 Å². The third-order valence-electron chi connectivity index (χ3n) is 3.00. The van der Waals surface area contributed by atoms with Gasteiger partial charge in [-0.3, -0.25) is 0 Å². The van der Waals surface area contributed by atoms with E-state index in [1.807, 2.05) is 25.1 Å². The first-order valence-electron chi connectivity index (χ1n) is 5.47. The van der Waals surface area contributed by atoms with Crippen LogP contribution in [0.3, 0.4) is 0 Å². The lowest BCUT2D eigenvalue weighted by molar-refractivity contribution is 0.0839. The zero-order valence-corrected chi connectivity index (χ0v) is 10.00. The monoisotopic (exact) mass is 234 g/mol. The summed E-state index contributed by atoms with van der Waals surface area (Å²) in [5.41, 5.74) is 0.492. The van der Waals surface area contributed by atoms with Gasteiger partial charge in [0.1, 0.15) is 0 Å². The van der Waals surface area contributed by atoms with Crippen LogP contribution >= 0.6 is 11.3 Å². The second kappa shape index (κ2) is 3.43. The highest BCUT2D eigenvalue weighted by molar-refractivity contribution is 7.22. The maximum Gasteiger partial charge on any atom is 0.186 e. The summed E-state index contributed by atoms with van der Waals surface area (Å²) in [7, 11) is 0. The van der Waals surface area contributed by atoms with E-state index in [9.17, 15) is 5.11 Å². The van der Waals surface area contributed by atoms with E-state index < -0.39 is 5.60 Å². The van der Waals surface area contributed by atoms with Crippen LogP contribution in [0, 0.1) is 0 Å². The van der Waals surface area contributed by atoms with Crippen molar-refractivity contribution in [3.05, 3.63) is 24.3 Å². The van der Waals surface area contributed by atoms with E-state index in [1.165, 1.54) is 4.70 Å². The number of hydrogen-bond donors (Lipinski definition) is 1. The molecule has 4 heteroatoms. The van der Waals surface area contributed by atoms with Crippen molar-refractivity contribution in [2.45, 2.75) is 18.9 Å². The van der Waals surface area contributed by atoms with E-state index in [2.05, 4.69) is 16.0 Å². The Morgan fingerprint density at radius 1 is 1.44 bits per heavy atom. The predicted molar refractivity (Wildman–Crippen MR) is 67.1 cm³/mol. The molecule has 0 amide bonds. The summed E-state index contributed by atoms with van der Waals surface area (Å²) >= 11 is 1.70. The van der Waals surface area contributed by atoms with Gasteiger partial charge in [0.25, 0.3) is 0 Å². The number of fused-ring (bicyclic) bond motifs is 1. The number of anilines is 1. The quantitative estimate of drug-likeness (QED) is 0.822. The number of aromatic nitrogens is 1. The lowest BCUT2D eigenvalue weighted by Crippen LogP contribution is -2.29. The molecule has 0 radical (unpaired) electrons. The highest BCUT2D eigenvalue weighted by Gasteiger charge is 2.32. The molecule has 3 nitrogen and oxygen atoms in total. The average molecular weight is 234 g/mol. The van der Waals surface area contributed by atoms with Gasteiger partial charge < -0.3 is 10.0 Å². The van der Waals surface area contributed by atoms with Crippen molar-refractivity contribution in [1.29, 1.82) is 0 Å². The smallest absolute Gasteiger partial charge is 0.186 e. The standard InChI is InChI=1S/C12H14N2OS/c1-12(15)6-7-14(8-12)11-13-9-4-2-3-5-10(9)16-11/h2-5,15H,6-8H2,1H3. The van der Waals surface area contributed by atoms with Crippen molar-refractivity contribution in [1.82, 2.24) is 4.98 Å². The summed E-state index contributed by atoms with van der Waals surface area (Å²) in [5, 5.41) is 11.0. The summed E-state index contributed by atoms with van der Waals surface area (Å²) in [5.74, 6) is 0. The van der Waals surface area contributed by atoms with E-state index in [-0.39, 0.29) is 0 Å². The third kappa shape index (κ3) is 1.68. The number of hydrogen-bond acceptors (Lipinski definition) is 4. The molecule has 84 valence electrons. The molecule has 1 aliphatic heterocycles. The molecule has 1 aromatic carbocycles. The zero-order valence-electron chi connectivity index (χ0n) is 9.18. The van der Waals surface area contributed by atoms with Crippen molar-refractivity contribution in [2.75, 3.05) is 18.0 Å². The van der Waals surface area contributed by atoms with Gasteiger partial charge in [-0.05, 0) is 25.5 Å². The Kier molecular flexibility index (Phi) is 2.16. The maximum atomic E-state index is 9.94. The Morgan fingerprint density at radius 2 is 2.25 bits per heavy atom. The molecule has 3 rings (SSSR count). The molecule has 0 aliphatic carbocycles. The molecule has 0 spiro atoms. The molecular formula is C12H14N2OS. The van der Waals surface area contributed by atoms with Gasteiger partial charge in [0.05, 0.1) is 15.8 Å². The molecule has 2 heterocycles. The van der Waals surface area contributed by atoms with Gasteiger partial charge in [-0.2, -0.15) is 0 Å². The van der Waals surface area contributed by atoms with Crippen LogP contribution in [0.5, 0.6) is 0 Å². The molecule has 1 unspecified atom stereocenters. The number of aliphatic hydroxyl groups is 1. The Labute approximate surface area is 98.3 Å². The Balaban J connectivity index is 1.95. The van der Waals surface area contributed by atoms with Gasteiger partial charge in [0.2, 0.25) is 0 Å². The minimum absolute atomic E-state index is 0.558. The van der Waals surface area contributed by atoms with Gasteiger partial charge in [-0.15, -0.1) is 0 Å². The summed E-state index contributed by atoms with van der Waals surface area (Å²) in [4.78, 5) is 6.76. The van der Waals surface area contributed by atoms with Crippen molar-refractivity contribution in [2.24, 2.45) is 0 Å². The topological polar surface area (TPSA) is 36.4 Å². The van der Waals surface area contributed by atoms with Gasteiger partial charge >= 0.3 is 0 Å². The molecule has 1 aliphatic rings. The normalized spacial score (nSPS) is 25.5. The molecule has 0 bridgehead atoms. The van der Waals surface area contributed by atoms with Crippen LogP contribution < -0.4 is 4.90 Å². The van der Waals surface area contributed by atoms with Crippen molar-refractivity contribution >= 4 is 26.7 Å². The van der Waals surface area contributed by atoms with E-state index in [0.29, 0.717) is 6.54 Å². The number of benzene rings is 1. The molecule has 16 heavy (non-hydrogen) atoms.